The molecular formula is C16H24N4O2. The maximum absolute atomic E-state index is 12.0. The lowest BCUT2D eigenvalue weighted by Gasteiger charge is -2.20. The highest BCUT2D eigenvalue weighted by atomic mass is 16.2. The lowest BCUT2D eigenvalue weighted by Crippen LogP contribution is -2.44. The minimum Gasteiger partial charge on any atom is -0.273 e. The van der Waals surface area contributed by atoms with Gasteiger partial charge in [-0.2, -0.15) is 5.10 Å². The number of hydrazine groups is 1. The van der Waals surface area contributed by atoms with E-state index >= 15 is 0 Å². The van der Waals surface area contributed by atoms with Gasteiger partial charge in [-0.15, -0.1) is 0 Å². The second-order valence-corrected chi connectivity index (χ2v) is 6.82. The molecule has 2 saturated carbocycles. The minimum absolute atomic E-state index is 0.0840. The fourth-order valence-electron chi connectivity index (χ4n) is 4.07. The van der Waals surface area contributed by atoms with Gasteiger partial charge < -0.3 is 0 Å². The number of carbonyl (C=O) groups is 2. The van der Waals surface area contributed by atoms with E-state index in [0.717, 1.165) is 23.2 Å². The molecule has 1 aromatic rings. The molecule has 2 N–H and O–H groups in total. The van der Waals surface area contributed by atoms with Gasteiger partial charge in [-0.05, 0) is 56.9 Å². The molecule has 3 rings (SSSR count). The van der Waals surface area contributed by atoms with E-state index in [1.807, 2.05) is 19.9 Å². The fraction of sp³-hybridized carbons (Fsp3) is 0.688. The van der Waals surface area contributed by atoms with Crippen LogP contribution in [0.4, 0.5) is 0 Å². The molecule has 2 bridgehead atoms. The van der Waals surface area contributed by atoms with Crippen molar-refractivity contribution < 1.29 is 9.59 Å². The van der Waals surface area contributed by atoms with Gasteiger partial charge in [0.25, 0.3) is 5.91 Å². The maximum atomic E-state index is 12.0. The van der Waals surface area contributed by atoms with Crippen LogP contribution in [0.15, 0.2) is 6.07 Å². The molecule has 0 spiro atoms. The molecule has 2 amide bonds. The molecule has 120 valence electrons. The van der Waals surface area contributed by atoms with E-state index in [1.54, 1.807) is 4.68 Å². The van der Waals surface area contributed by atoms with Crippen LogP contribution < -0.4 is 10.9 Å². The smallest absolute Gasteiger partial charge is 0.260 e. The number of fused-ring (bicyclic) bond motifs is 2. The highest BCUT2D eigenvalue weighted by Crippen LogP contribution is 2.49. The third-order valence-corrected chi connectivity index (χ3v) is 5.07. The van der Waals surface area contributed by atoms with Crippen LogP contribution in [0.2, 0.25) is 0 Å². The Morgan fingerprint density at radius 2 is 2.00 bits per heavy atom. The normalized spacial score (nSPS) is 26.2. The first-order valence-corrected chi connectivity index (χ1v) is 8.10. The molecule has 1 aromatic heterocycles. The van der Waals surface area contributed by atoms with Crippen molar-refractivity contribution in [3.63, 3.8) is 0 Å². The summed E-state index contributed by atoms with van der Waals surface area (Å²) in [5.74, 6) is 1.72. The van der Waals surface area contributed by atoms with Gasteiger partial charge in [-0.1, -0.05) is 6.42 Å². The lowest BCUT2D eigenvalue weighted by molar-refractivity contribution is -0.130. The Bertz CT molecular complexity index is 581. The predicted octanol–water partition coefficient (Wildman–Crippen LogP) is 1.47. The molecule has 0 unspecified atom stereocenters. The first kappa shape index (κ1) is 15.1. The fourth-order valence-corrected chi connectivity index (χ4v) is 4.07. The largest absolute Gasteiger partial charge is 0.273 e. The summed E-state index contributed by atoms with van der Waals surface area (Å²) in [5.41, 5.74) is 6.83. The molecule has 0 aliphatic heterocycles. The zero-order chi connectivity index (χ0) is 15.7. The number of rotatable bonds is 4. The summed E-state index contributed by atoms with van der Waals surface area (Å²) in [6.45, 7) is 3.91. The highest BCUT2D eigenvalue weighted by molar-refractivity contribution is 5.82. The molecule has 1 heterocycles. The molecule has 6 nitrogen and oxygen atoms in total. The van der Waals surface area contributed by atoms with E-state index in [0.29, 0.717) is 12.3 Å². The van der Waals surface area contributed by atoms with E-state index in [9.17, 15) is 9.59 Å². The number of nitrogens with one attached hydrogen (secondary N) is 2. The van der Waals surface area contributed by atoms with Crippen LogP contribution in [0.1, 0.15) is 43.5 Å². The summed E-state index contributed by atoms with van der Waals surface area (Å²) in [7, 11) is 0. The number of aromatic nitrogens is 2. The zero-order valence-corrected chi connectivity index (χ0v) is 13.3. The Morgan fingerprint density at radius 1 is 1.23 bits per heavy atom. The Kier molecular flexibility index (Phi) is 4.18. The van der Waals surface area contributed by atoms with Crippen molar-refractivity contribution in [1.29, 1.82) is 0 Å². The standard InChI is InChI=1S/C16H24N4O2/c1-10-5-11(2)20(19-10)9-16(22)18-17-15(21)8-14-7-12-3-4-13(14)6-12/h5,12-14H,3-4,6-9H2,1-2H3,(H,17,21)(H,18,22)/t12-,13+,14-/m0/s1. The predicted molar refractivity (Wildman–Crippen MR) is 81.5 cm³/mol. The van der Waals surface area contributed by atoms with Crippen LogP contribution in [-0.4, -0.2) is 21.6 Å². The van der Waals surface area contributed by atoms with Gasteiger partial charge in [-0.3, -0.25) is 25.1 Å². The van der Waals surface area contributed by atoms with Crippen LogP contribution >= 0.6 is 0 Å². The van der Waals surface area contributed by atoms with Gasteiger partial charge in [0, 0.05) is 12.1 Å². The van der Waals surface area contributed by atoms with Crippen molar-refractivity contribution in [2.45, 2.75) is 52.5 Å². The molecule has 6 heteroatoms. The Hall–Kier alpha value is -1.85. The Balaban J connectivity index is 1.41. The van der Waals surface area contributed by atoms with Crippen LogP contribution in [-0.2, 0) is 16.1 Å². The number of carbonyl (C=O) groups excluding carboxylic acids is 2. The average molecular weight is 304 g/mol. The summed E-state index contributed by atoms with van der Waals surface area (Å²) >= 11 is 0. The van der Waals surface area contributed by atoms with E-state index < -0.39 is 0 Å². The van der Waals surface area contributed by atoms with Gasteiger partial charge in [0.2, 0.25) is 5.91 Å². The molecule has 2 aliphatic carbocycles. The van der Waals surface area contributed by atoms with Gasteiger partial charge in [0.15, 0.2) is 0 Å². The zero-order valence-electron chi connectivity index (χ0n) is 13.3. The number of hydrogen-bond donors (Lipinski definition) is 2. The van der Waals surface area contributed by atoms with Crippen LogP contribution in [0.3, 0.4) is 0 Å². The summed E-state index contributed by atoms with van der Waals surface area (Å²) in [6.07, 6.45) is 5.61. The molecule has 0 radical (unpaired) electrons. The van der Waals surface area contributed by atoms with Gasteiger partial charge in [0.1, 0.15) is 6.54 Å². The molecule has 2 aliphatic rings. The quantitative estimate of drug-likeness (QED) is 0.827. The van der Waals surface area contributed by atoms with Crippen molar-refractivity contribution >= 4 is 11.8 Å². The first-order chi connectivity index (χ1) is 10.5. The van der Waals surface area contributed by atoms with Crippen LogP contribution in [0.5, 0.6) is 0 Å². The number of hydrogen-bond acceptors (Lipinski definition) is 3. The van der Waals surface area contributed by atoms with E-state index in [2.05, 4.69) is 16.0 Å². The molecule has 3 atom stereocenters. The lowest BCUT2D eigenvalue weighted by atomic mass is 9.86. The van der Waals surface area contributed by atoms with Crippen molar-refractivity contribution in [2.75, 3.05) is 0 Å². The van der Waals surface area contributed by atoms with E-state index in [-0.39, 0.29) is 18.4 Å². The van der Waals surface area contributed by atoms with E-state index in [4.69, 9.17) is 0 Å². The first-order valence-electron chi connectivity index (χ1n) is 8.10. The van der Waals surface area contributed by atoms with Crippen LogP contribution in [0, 0.1) is 31.6 Å². The number of amides is 2. The van der Waals surface area contributed by atoms with Gasteiger partial charge in [0.05, 0.1) is 5.69 Å². The molecular weight excluding hydrogens is 280 g/mol. The summed E-state index contributed by atoms with van der Waals surface area (Å²) in [5, 5.41) is 4.23. The van der Waals surface area contributed by atoms with Crippen LogP contribution in [0.25, 0.3) is 0 Å². The van der Waals surface area contributed by atoms with Crippen molar-refractivity contribution in [2.24, 2.45) is 17.8 Å². The minimum atomic E-state index is -0.257. The highest BCUT2D eigenvalue weighted by Gasteiger charge is 2.40. The topological polar surface area (TPSA) is 76.0 Å². The molecule has 0 saturated heterocycles. The summed E-state index contributed by atoms with van der Waals surface area (Å²) in [6, 6.07) is 1.92. The second-order valence-electron chi connectivity index (χ2n) is 6.82. The SMILES string of the molecule is Cc1cc(C)n(CC(=O)NNC(=O)C[C@@H]2C[C@H]3CC[C@@H]2C3)n1. The third-order valence-electron chi connectivity index (χ3n) is 5.07. The molecule has 22 heavy (non-hydrogen) atoms. The van der Waals surface area contributed by atoms with Crippen molar-refractivity contribution in [3.8, 4) is 0 Å². The third kappa shape index (κ3) is 3.31. The molecule has 2 fully saturated rings. The summed E-state index contributed by atoms with van der Waals surface area (Å²) < 4.78 is 1.63. The summed E-state index contributed by atoms with van der Waals surface area (Å²) in [4.78, 5) is 23.8. The maximum Gasteiger partial charge on any atom is 0.260 e. The van der Waals surface area contributed by atoms with Gasteiger partial charge in [-0.25, -0.2) is 0 Å². The Labute approximate surface area is 130 Å². The monoisotopic (exact) mass is 304 g/mol. The number of nitrogens with zero attached hydrogens (tertiary/aromatic N) is 2. The van der Waals surface area contributed by atoms with Crippen molar-refractivity contribution in [1.82, 2.24) is 20.6 Å². The number of aryl methyl sites for hydroxylation is 2. The molecule has 0 aromatic carbocycles. The van der Waals surface area contributed by atoms with Gasteiger partial charge >= 0.3 is 0 Å². The second kappa shape index (κ2) is 6.10. The van der Waals surface area contributed by atoms with E-state index in [1.165, 1.54) is 25.7 Å². The Morgan fingerprint density at radius 3 is 2.59 bits per heavy atom. The average Bonchev–Trinajstić information content (AvgIpc) is 3.13. The van der Waals surface area contributed by atoms with Crippen molar-refractivity contribution in [3.05, 3.63) is 17.5 Å².